The van der Waals surface area contributed by atoms with Crippen molar-refractivity contribution < 1.29 is 13.5 Å². The number of aryl methyl sites for hydroxylation is 1. The van der Waals surface area contributed by atoms with E-state index in [1.165, 1.54) is 12.4 Å². The minimum atomic E-state index is -2.62. The summed E-state index contributed by atoms with van der Waals surface area (Å²) in [7, 11) is 1.62. The molecule has 1 aromatic heterocycles. The van der Waals surface area contributed by atoms with Crippen molar-refractivity contribution >= 4 is 29.9 Å². The molecule has 0 aliphatic carbocycles. The zero-order valence-corrected chi connectivity index (χ0v) is 17.3. The first-order valence-electron chi connectivity index (χ1n) is 8.01. The van der Waals surface area contributed by atoms with E-state index in [1.54, 1.807) is 7.05 Å². The number of nitrogens with one attached hydrogen (secondary N) is 2. The third-order valence-electron chi connectivity index (χ3n) is 3.57. The number of alkyl halides is 2. The first-order chi connectivity index (χ1) is 12.0. The molecule has 1 aromatic carbocycles. The molecule has 0 atom stereocenters. The summed E-state index contributed by atoms with van der Waals surface area (Å²) in [5.41, 5.74) is 2.11. The minimum Gasteiger partial charge on any atom is -0.494 e. The average Bonchev–Trinajstić information content (AvgIpc) is 3.05. The van der Waals surface area contributed by atoms with Crippen LogP contribution in [0.3, 0.4) is 0 Å². The fourth-order valence-electron chi connectivity index (χ4n) is 2.32. The van der Waals surface area contributed by atoms with E-state index in [-0.39, 0.29) is 36.3 Å². The third-order valence-corrected chi connectivity index (χ3v) is 3.57. The maximum atomic E-state index is 12.8. The Balaban J connectivity index is 0.00000338. The molecule has 2 N–H and O–H groups in total. The zero-order valence-electron chi connectivity index (χ0n) is 15.0. The van der Waals surface area contributed by atoms with Gasteiger partial charge < -0.3 is 15.4 Å². The lowest BCUT2D eigenvalue weighted by Crippen LogP contribution is -2.37. The molecule has 0 aliphatic heterocycles. The van der Waals surface area contributed by atoms with Crippen LogP contribution in [0.25, 0.3) is 0 Å². The third kappa shape index (κ3) is 6.11. The molecule has 2 rings (SSSR count). The fraction of sp³-hybridized carbons (Fsp3) is 0.412. The number of hydrogen-bond donors (Lipinski definition) is 2. The molecule has 0 unspecified atom stereocenters. The number of nitrogens with zero attached hydrogens (tertiary/aromatic N) is 3. The van der Waals surface area contributed by atoms with Crippen LogP contribution in [-0.4, -0.2) is 29.2 Å². The predicted molar refractivity (Wildman–Crippen MR) is 108 cm³/mol. The van der Waals surface area contributed by atoms with Crippen LogP contribution in [0.5, 0.6) is 5.75 Å². The number of halogens is 3. The van der Waals surface area contributed by atoms with Crippen molar-refractivity contribution in [3.8, 4) is 5.75 Å². The number of rotatable bonds is 7. The number of guanidine groups is 1. The van der Waals surface area contributed by atoms with Gasteiger partial charge in [0.05, 0.1) is 13.2 Å². The molecule has 6 nitrogen and oxygen atoms in total. The van der Waals surface area contributed by atoms with Crippen molar-refractivity contribution in [2.75, 3.05) is 13.7 Å². The second kappa shape index (κ2) is 10.9. The normalized spacial score (nSPS) is 11.2. The smallest absolute Gasteiger partial charge is 0.319 e. The highest BCUT2D eigenvalue weighted by Crippen LogP contribution is 2.20. The Morgan fingerprint density at radius 1 is 1.31 bits per heavy atom. The van der Waals surface area contributed by atoms with E-state index in [4.69, 9.17) is 4.74 Å². The van der Waals surface area contributed by atoms with Crippen LogP contribution >= 0.6 is 24.0 Å². The van der Waals surface area contributed by atoms with Gasteiger partial charge >= 0.3 is 6.55 Å². The number of ether oxygens (including phenoxy) is 1. The topological polar surface area (TPSA) is 63.5 Å². The fourth-order valence-corrected chi connectivity index (χ4v) is 2.32. The number of benzene rings is 1. The Bertz CT molecular complexity index is 721. The molecule has 0 radical (unpaired) electrons. The van der Waals surface area contributed by atoms with Gasteiger partial charge in [0, 0.05) is 31.5 Å². The molecule has 26 heavy (non-hydrogen) atoms. The van der Waals surface area contributed by atoms with Crippen molar-refractivity contribution in [2.45, 2.75) is 33.5 Å². The zero-order chi connectivity index (χ0) is 18.2. The Hall–Kier alpha value is -1.91. The largest absolute Gasteiger partial charge is 0.494 e. The van der Waals surface area contributed by atoms with Gasteiger partial charge in [-0.1, -0.05) is 12.1 Å². The molecule has 0 fully saturated rings. The van der Waals surface area contributed by atoms with Crippen LogP contribution < -0.4 is 15.4 Å². The highest BCUT2D eigenvalue weighted by molar-refractivity contribution is 14.0. The molecule has 9 heteroatoms. The lowest BCUT2D eigenvalue weighted by atomic mass is 10.1. The molecular weight excluding hydrogens is 455 g/mol. The van der Waals surface area contributed by atoms with E-state index in [1.807, 2.05) is 32.0 Å². The molecule has 0 amide bonds. The van der Waals surface area contributed by atoms with Crippen molar-refractivity contribution in [3.05, 3.63) is 47.5 Å². The van der Waals surface area contributed by atoms with Gasteiger partial charge in [0.2, 0.25) is 0 Å². The first kappa shape index (κ1) is 22.1. The van der Waals surface area contributed by atoms with Gasteiger partial charge in [-0.25, -0.2) is 4.98 Å². The maximum absolute atomic E-state index is 12.8. The van der Waals surface area contributed by atoms with Gasteiger partial charge in [-0.15, -0.1) is 24.0 Å². The monoisotopic (exact) mass is 479 g/mol. The molecule has 1 heterocycles. The summed E-state index contributed by atoms with van der Waals surface area (Å²) >= 11 is 0. The van der Waals surface area contributed by atoms with Gasteiger partial charge in [0.25, 0.3) is 0 Å². The molecular formula is C17H24F2IN5O. The lowest BCUT2D eigenvalue weighted by Gasteiger charge is -2.15. The summed E-state index contributed by atoms with van der Waals surface area (Å²) in [6, 6.07) is 5.98. The number of aromatic nitrogens is 2. The van der Waals surface area contributed by atoms with E-state index in [2.05, 4.69) is 20.6 Å². The molecule has 0 aliphatic rings. The Labute approximate surface area is 169 Å². The average molecular weight is 479 g/mol. The van der Waals surface area contributed by atoms with Gasteiger partial charge in [-0.05, 0) is 25.5 Å². The van der Waals surface area contributed by atoms with Gasteiger partial charge in [-0.3, -0.25) is 9.56 Å². The predicted octanol–water partition coefficient (Wildman–Crippen LogP) is 3.47. The standard InChI is InChI=1S/C17H23F2N5O.HI/c1-4-25-14-9-12(2)5-6-13(14)10-22-17(20-3)23-11-15-21-7-8-24(15)16(18)19;/h5-9,16H,4,10-11H2,1-3H3,(H2,20,22,23);1H. The van der Waals surface area contributed by atoms with E-state index in [9.17, 15) is 8.78 Å². The van der Waals surface area contributed by atoms with Crippen LogP contribution in [0.4, 0.5) is 8.78 Å². The van der Waals surface area contributed by atoms with Gasteiger partial charge in [0.15, 0.2) is 5.96 Å². The summed E-state index contributed by atoms with van der Waals surface area (Å²) in [4.78, 5) is 8.03. The number of imidazole rings is 1. The van der Waals surface area contributed by atoms with E-state index in [0.29, 0.717) is 19.1 Å². The summed E-state index contributed by atoms with van der Waals surface area (Å²) in [5, 5.41) is 6.13. The Kier molecular flexibility index (Phi) is 9.31. The summed E-state index contributed by atoms with van der Waals surface area (Å²) in [6.45, 7) is 2.55. The Morgan fingerprint density at radius 3 is 2.69 bits per heavy atom. The van der Waals surface area contributed by atoms with Crippen molar-refractivity contribution in [2.24, 2.45) is 4.99 Å². The summed E-state index contributed by atoms with van der Waals surface area (Å²) in [6.07, 6.45) is 2.60. The van der Waals surface area contributed by atoms with E-state index < -0.39 is 6.55 Å². The van der Waals surface area contributed by atoms with E-state index >= 15 is 0 Å². The highest BCUT2D eigenvalue weighted by Gasteiger charge is 2.12. The number of hydrogen-bond acceptors (Lipinski definition) is 3. The molecule has 0 spiro atoms. The molecule has 144 valence electrons. The number of aliphatic imine (C=N–C) groups is 1. The van der Waals surface area contributed by atoms with Crippen LogP contribution in [-0.2, 0) is 13.1 Å². The highest BCUT2D eigenvalue weighted by atomic mass is 127. The van der Waals surface area contributed by atoms with Crippen molar-refractivity contribution in [1.29, 1.82) is 0 Å². The van der Waals surface area contributed by atoms with Crippen LogP contribution in [0.1, 0.15) is 30.4 Å². The second-order valence-corrected chi connectivity index (χ2v) is 5.35. The van der Waals surface area contributed by atoms with E-state index in [0.717, 1.165) is 21.4 Å². The molecule has 0 bridgehead atoms. The summed E-state index contributed by atoms with van der Waals surface area (Å²) < 4.78 is 32.1. The van der Waals surface area contributed by atoms with Crippen LogP contribution in [0, 0.1) is 6.92 Å². The van der Waals surface area contributed by atoms with Gasteiger partial charge in [-0.2, -0.15) is 8.78 Å². The molecule has 2 aromatic rings. The van der Waals surface area contributed by atoms with Gasteiger partial charge in [0.1, 0.15) is 11.6 Å². The van der Waals surface area contributed by atoms with Crippen molar-refractivity contribution in [3.63, 3.8) is 0 Å². The SMILES string of the molecule is CCOc1cc(C)ccc1CNC(=NC)NCc1nccn1C(F)F.I. The molecule has 0 saturated heterocycles. The van der Waals surface area contributed by atoms with Crippen molar-refractivity contribution in [1.82, 2.24) is 20.2 Å². The Morgan fingerprint density at radius 2 is 2.04 bits per heavy atom. The van der Waals surface area contributed by atoms with Crippen LogP contribution in [0.2, 0.25) is 0 Å². The van der Waals surface area contributed by atoms with Crippen LogP contribution in [0.15, 0.2) is 35.6 Å². The summed E-state index contributed by atoms with van der Waals surface area (Å²) in [5.74, 6) is 1.55. The molecule has 0 saturated carbocycles. The maximum Gasteiger partial charge on any atom is 0.319 e. The lowest BCUT2D eigenvalue weighted by molar-refractivity contribution is 0.0668. The minimum absolute atomic E-state index is 0. The first-order valence-corrected chi connectivity index (χ1v) is 8.01. The quantitative estimate of drug-likeness (QED) is 0.363. The second-order valence-electron chi connectivity index (χ2n) is 5.35.